The largest absolute Gasteiger partial charge is 0.484 e. The van der Waals surface area contributed by atoms with Crippen LogP contribution < -0.4 is 15.8 Å². The van der Waals surface area contributed by atoms with Crippen molar-refractivity contribution >= 4 is 11.8 Å². The molecule has 8 nitrogen and oxygen atoms in total. The van der Waals surface area contributed by atoms with Gasteiger partial charge in [0.2, 0.25) is 5.91 Å². The third kappa shape index (κ3) is 4.29. The van der Waals surface area contributed by atoms with Gasteiger partial charge in [-0.3, -0.25) is 14.7 Å². The third-order valence-electron chi connectivity index (χ3n) is 3.16. The number of nitrogens with one attached hydrogen (secondary N) is 2. The van der Waals surface area contributed by atoms with E-state index < -0.39 is 29.8 Å². The molecule has 0 aliphatic carbocycles. The summed E-state index contributed by atoms with van der Waals surface area (Å²) in [6, 6.07) is 6.06. The summed E-state index contributed by atoms with van der Waals surface area (Å²) in [6.45, 7) is 1.30. The number of carbonyl (C=O) groups is 2. The van der Waals surface area contributed by atoms with Gasteiger partial charge in [-0.15, -0.1) is 0 Å². The van der Waals surface area contributed by atoms with Crippen molar-refractivity contribution in [2.24, 2.45) is 5.73 Å². The molecule has 0 saturated heterocycles. The Morgan fingerprint density at radius 3 is 2.79 bits per heavy atom. The number of benzene rings is 1. The Labute approximate surface area is 136 Å². The average Bonchev–Trinajstić information content (AvgIpc) is 3.00. The minimum Gasteiger partial charge on any atom is -0.484 e. The quantitative estimate of drug-likeness (QED) is 0.569. The maximum absolute atomic E-state index is 13.4. The molecule has 0 spiro atoms. The van der Waals surface area contributed by atoms with Crippen LogP contribution in [-0.2, 0) is 11.4 Å². The molecule has 0 radical (unpaired) electrons. The number of aromatic amines is 1. The predicted molar refractivity (Wildman–Crippen MR) is 81.4 cm³/mol. The van der Waals surface area contributed by atoms with E-state index in [4.69, 9.17) is 10.5 Å². The van der Waals surface area contributed by atoms with Crippen molar-refractivity contribution in [3.8, 4) is 5.75 Å². The molecule has 2 amide bonds. The molecule has 0 bridgehead atoms. The number of hydrogen-bond donors (Lipinski definition) is 4. The first-order chi connectivity index (χ1) is 11.4. The molecule has 1 heterocycles. The standard InChI is InChI=1S/C15H17FN4O4/c1-8(21)13(14(17)22)18-15(23)11-6-9(19-20-11)7-24-12-5-3-2-4-10(12)16/h2-6,8,13,21H,7H2,1H3,(H2,17,22)(H,18,23)(H,19,20)/t8-,13+/m1/s1. The molecule has 0 aliphatic rings. The summed E-state index contributed by atoms with van der Waals surface area (Å²) in [4.78, 5) is 23.2. The van der Waals surface area contributed by atoms with Crippen molar-refractivity contribution in [2.75, 3.05) is 0 Å². The second-order valence-electron chi connectivity index (χ2n) is 5.09. The van der Waals surface area contributed by atoms with Gasteiger partial charge in [0.1, 0.15) is 18.3 Å². The van der Waals surface area contributed by atoms with Gasteiger partial charge in [0.15, 0.2) is 11.6 Å². The number of ether oxygens (including phenoxy) is 1. The van der Waals surface area contributed by atoms with Crippen LogP contribution in [0, 0.1) is 5.82 Å². The second-order valence-corrected chi connectivity index (χ2v) is 5.09. The number of aliphatic hydroxyl groups excluding tert-OH is 1. The molecule has 24 heavy (non-hydrogen) atoms. The Balaban J connectivity index is 1.98. The summed E-state index contributed by atoms with van der Waals surface area (Å²) in [7, 11) is 0. The molecule has 2 rings (SSSR count). The van der Waals surface area contributed by atoms with Gasteiger partial charge in [0, 0.05) is 0 Å². The maximum atomic E-state index is 13.4. The van der Waals surface area contributed by atoms with Crippen molar-refractivity contribution < 1.29 is 23.8 Å². The number of H-pyrrole nitrogens is 1. The molecule has 9 heteroatoms. The summed E-state index contributed by atoms with van der Waals surface area (Å²) in [5, 5.41) is 18.1. The lowest BCUT2D eigenvalue weighted by molar-refractivity contribution is -0.122. The number of amides is 2. The molecule has 5 N–H and O–H groups in total. The van der Waals surface area contributed by atoms with Crippen LogP contribution in [0.15, 0.2) is 30.3 Å². The van der Waals surface area contributed by atoms with E-state index >= 15 is 0 Å². The second kappa shape index (κ2) is 7.55. The van der Waals surface area contributed by atoms with Crippen molar-refractivity contribution in [1.82, 2.24) is 15.5 Å². The van der Waals surface area contributed by atoms with Gasteiger partial charge in [0.05, 0.1) is 11.8 Å². The third-order valence-corrected chi connectivity index (χ3v) is 3.16. The van der Waals surface area contributed by atoms with E-state index in [1.54, 1.807) is 6.07 Å². The number of aliphatic hydroxyl groups is 1. The highest BCUT2D eigenvalue weighted by molar-refractivity contribution is 5.96. The zero-order chi connectivity index (χ0) is 17.7. The van der Waals surface area contributed by atoms with Gasteiger partial charge < -0.3 is 20.9 Å². The highest BCUT2D eigenvalue weighted by atomic mass is 19.1. The van der Waals surface area contributed by atoms with Crippen LogP contribution in [0.4, 0.5) is 4.39 Å². The van der Waals surface area contributed by atoms with Gasteiger partial charge in [-0.1, -0.05) is 12.1 Å². The fraction of sp³-hybridized carbons (Fsp3) is 0.267. The SMILES string of the molecule is C[C@@H](O)[C@H](NC(=O)c1cc(COc2ccccc2F)[nH]n1)C(N)=O. The summed E-state index contributed by atoms with van der Waals surface area (Å²) in [6.07, 6.45) is -1.14. The van der Waals surface area contributed by atoms with Gasteiger partial charge >= 0.3 is 0 Å². The average molecular weight is 336 g/mol. The fourth-order valence-corrected chi connectivity index (χ4v) is 1.91. The first-order valence-corrected chi connectivity index (χ1v) is 7.08. The summed E-state index contributed by atoms with van der Waals surface area (Å²) in [5.41, 5.74) is 5.51. The molecule has 1 aromatic heterocycles. The topological polar surface area (TPSA) is 130 Å². The van der Waals surface area contributed by atoms with E-state index in [2.05, 4.69) is 15.5 Å². The molecule has 0 saturated carbocycles. The molecule has 0 fully saturated rings. The van der Waals surface area contributed by atoms with Crippen LogP contribution in [-0.4, -0.2) is 39.3 Å². The predicted octanol–water partition coefficient (Wildman–Crippen LogP) is 0.0923. The molecular formula is C15H17FN4O4. The zero-order valence-corrected chi connectivity index (χ0v) is 12.8. The lowest BCUT2D eigenvalue weighted by Crippen LogP contribution is -2.50. The lowest BCUT2D eigenvalue weighted by atomic mass is 10.1. The van der Waals surface area contributed by atoms with E-state index in [0.717, 1.165) is 0 Å². The number of rotatable bonds is 7. The van der Waals surface area contributed by atoms with Crippen LogP contribution in [0.25, 0.3) is 0 Å². The van der Waals surface area contributed by atoms with E-state index in [-0.39, 0.29) is 18.1 Å². The Bertz CT molecular complexity index is 732. The Hall–Kier alpha value is -2.94. The summed E-state index contributed by atoms with van der Waals surface area (Å²) >= 11 is 0. The molecule has 0 unspecified atom stereocenters. The fourth-order valence-electron chi connectivity index (χ4n) is 1.91. The normalized spacial score (nSPS) is 13.1. The Morgan fingerprint density at radius 2 is 2.17 bits per heavy atom. The molecule has 2 atom stereocenters. The number of nitrogens with zero attached hydrogens (tertiary/aromatic N) is 1. The van der Waals surface area contributed by atoms with Crippen molar-refractivity contribution in [3.63, 3.8) is 0 Å². The van der Waals surface area contributed by atoms with Crippen molar-refractivity contribution in [1.29, 1.82) is 0 Å². The first-order valence-electron chi connectivity index (χ1n) is 7.08. The van der Waals surface area contributed by atoms with Crippen LogP contribution >= 0.6 is 0 Å². The number of primary amides is 1. The lowest BCUT2D eigenvalue weighted by Gasteiger charge is -2.17. The molecule has 1 aromatic carbocycles. The monoisotopic (exact) mass is 336 g/mol. The Kier molecular flexibility index (Phi) is 5.48. The minimum atomic E-state index is -1.23. The van der Waals surface area contributed by atoms with Crippen molar-refractivity contribution in [2.45, 2.75) is 25.7 Å². The number of aromatic nitrogens is 2. The van der Waals surface area contributed by atoms with Crippen LogP contribution in [0.1, 0.15) is 23.1 Å². The number of para-hydroxylation sites is 1. The first kappa shape index (κ1) is 17.4. The van der Waals surface area contributed by atoms with Gasteiger partial charge in [-0.05, 0) is 25.1 Å². The van der Waals surface area contributed by atoms with E-state index in [1.165, 1.54) is 31.2 Å². The Morgan fingerprint density at radius 1 is 1.46 bits per heavy atom. The minimum absolute atomic E-state index is 0.0194. The smallest absolute Gasteiger partial charge is 0.272 e. The number of halogens is 1. The van der Waals surface area contributed by atoms with Crippen molar-refractivity contribution in [3.05, 3.63) is 47.5 Å². The summed E-state index contributed by atoms with van der Waals surface area (Å²) < 4.78 is 18.7. The van der Waals surface area contributed by atoms with E-state index in [0.29, 0.717) is 5.69 Å². The van der Waals surface area contributed by atoms with Crippen LogP contribution in [0.2, 0.25) is 0 Å². The highest BCUT2D eigenvalue weighted by Crippen LogP contribution is 2.16. The molecular weight excluding hydrogens is 319 g/mol. The van der Waals surface area contributed by atoms with Crippen LogP contribution in [0.5, 0.6) is 5.75 Å². The van der Waals surface area contributed by atoms with Crippen LogP contribution in [0.3, 0.4) is 0 Å². The maximum Gasteiger partial charge on any atom is 0.272 e. The van der Waals surface area contributed by atoms with Gasteiger partial charge in [0.25, 0.3) is 5.91 Å². The summed E-state index contributed by atoms with van der Waals surface area (Å²) in [5.74, 6) is -1.98. The zero-order valence-electron chi connectivity index (χ0n) is 12.8. The molecule has 128 valence electrons. The van der Waals surface area contributed by atoms with E-state index in [1.807, 2.05) is 0 Å². The van der Waals surface area contributed by atoms with E-state index in [9.17, 15) is 19.1 Å². The number of nitrogens with two attached hydrogens (primary N) is 1. The van der Waals surface area contributed by atoms with Gasteiger partial charge in [-0.2, -0.15) is 5.10 Å². The van der Waals surface area contributed by atoms with Gasteiger partial charge in [-0.25, -0.2) is 4.39 Å². The number of hydrogen-bond acceptors (Lipinski definition) is 5. The highest BCUT2D eigenvalue weighted by Gasteiger charge is 2.24. The molecule has 2 aromatic rings. The molecule has 0 aliphatic heterocycles. The number of carbonyl (C=O) groups excluding carboxylic acids is 2.